The Morgan fingerprint density at radius 3 is 1.53 bits per heavy atom. The molecule has 0 aliphatic carbocycles. The molecule has 0 radical (unpaired) electrons. The summed E-state index contributed by atoms with van der Waals surface area (Å²) in [5, 5.41) is 6.95. The van der Waals surface area contributed by atoms with Crippen LogP contribution in [-0.4, -0.2) is 28.3 Å². The molecule has 0 unspecified atom stereocenters. The third-order valence-corrected chi connectivity index (χ3v) is 10.6. The molecular formula is C45H26N6. The molecule has 51 heavy (non-hydrogen) atoms. The van der Waals surface area contributed by atoms with Crippen LogP contribution in [0.4, 0.5) is 0 Å². The number of hydrogen-bond donors (Lipinski definition) is 0. The van der Waals surface area contributed by atoms with Crippen molar-refractivity contribution in [2.45, 2.75) is 0 Å². The van der Waals surface area contributed by atoms with Crippen molar-refractivity contribution < 1.29 is 0 Å². The van der Waals surface area contributed by atoms with Crippen LogP contribution in [0.2, 0.25) is 0 Å². The molecule has 0 amide bonds. The van der Waals surface area contributed by atoms with Crippen LogP contribution in [0, 0.1) is 0 Å². The Balaban J connectivity index is 1.14. The topological polar surface area (TPSA) is 52.4 Å². The maximum absolute atomic E-state index is 5.33. The largest absolute Gasteiger partial charge is 0.292 e. The second-order valence-corrected chi connectivity index (χ2v) is 13.3. The van der Waals surface area contributed by atoms with E-state index in [1.165, 1.54) is 27.1 Å². The van der Waals surface area contributed by atoms with Gasteiger partial charge in [0.05, 0.1) is 44.1 Å². The molecule has 5 heterocycles. The van der Waals surface area contributed by atoms with E-state index in [0.717, 1.165) is 77.7 Å². The Hall–Kier alpha value is -7.05. The molecule has 6 nitrogen and oxygen atoms in total. The van der Waals surface area contributed by atoms with E-state index in [0.29, 0.717) is 0 Å². The molecule has 0 aliphatic rings. The smallest absolute Gasteiger partial charge is 0.221 e. The fraction of sp³-hybridized carbons (Fsp3) is 0. The van der Waals surface area contributed by atoms with Gasteiger partial charge in [0.1, 0.15) is 11.3 Å². The molecule has 0 atom stereocenters. The number of rotatable bonds is 2. The van der Waals surface area contributed by atoms with Gasteiger partial charge in [-0.15, -0.1) is 0 Å². The number of aromatic nitrogens is 6. The Morgan fingerprint density at radius 1 is 0.314 bits per heavy atom. The van der Waals surface area contributed by atoms with Gasteiger partial charge in [0.2, 0.25) is 5.95 Å². The van der Waals surface area contributed by atoms with Gasteiger partial charge in [-0.05, 0) is 83.2 Å². The van der Waals surface area contributed by atoms with Gasteiger partial charge < -0.3 is 0 Å². The summed E-state index contributed by atoms with van der Waals surface area (Å²) >= 11 is 0. The summed E-state index contributed by atoms with van der Waals surface area (Å²) in [5.74, 6) is 0.824. The van der Waals surface area contributed by atoms with Crippen molar-refractivity contribution in [3.63, 3.8) is 0 Å². The summed E-state index contributed by atoms with van der Waals surface area (Å²) in [7, 11) is 0. The highest BCUT2D eigenvalue weighted by Crippen LogP contribution is 2.39. The third kappa shape index (κ3) is 3.57. The van der Waals surface area contributed by atoms with Crippen molar-refractivity contribution in [1.29, 1.82) is 0 Å². The quantitative estimate of drug-likeness (QED) is 0.175. The van der Waals surface area contributed by atoms with Gasteiger partial charge in [-0.25, -0.2) is 15.0 Å². The van der Waals surface area contributed by atoms with Crippen molar-refractivity contribution in [3.8, 4) is 17.1 Å². The second-order valence-electron chi connectivity index (χ2n) is 13.3. The first-order valence-electron chi connectivity index (χ1n) is 17.2. The van der Waals surface area contributed by atoms with Gasteiger partial charge in [-0.3, -0.25) is 13.4 Å². The average molecular weight is 651 g/mol. The predicted octanol–water partition coefficient (Wildman–Crippen LogP) is 10.9. The fourth-order valence-electron chi connectivity index (χ4n) is 8.33. The van der Waals surface area contributed by atoms with Gasteiger partial charge in [-0.2, -0.15) is 0 Å². The van der Waals surface area contributed by atoms with Crippen molar-refractivity contribution in [3.05, 3.63) is 158 Å². The fourth-order valence-corrected chi connectivity index (χ4v) is 8.33. The zero-order chi connectivity index (χ0) is 33.2. The van der Waals surface area contributed by atoms with Crippen LogP contribution in [0.3, 0.4) is 0 Å². The minimum atomic E-state index is 0.824. The van der Waals surface area contributed by atoms with Crippen LogP contribution >= 0.6 is 0 Å². The Kier molecular flexibility index (Phi) is 5.14. The molecule has 0 saturated heterocycles. The molecule has 0 bridgehead atoms. The lowest BCUT2D eigenvalue weighted by Gasteiger charge is -2.13. The Bertz CT molecular complexity index is 3440. The summed E-state index contributed by atoms with van der Waals surface area (Å²) < 4.78 is 6.83. The number of hydrogen-bond acceptors (Lipinski definition) is 3. The molecule has 12 aromatic rings. The Morgan fingerprint density at radius 2 is 0.804 bits per heavy atom. The van der Waals surface area contributed by atoms with E-state index in [2.05, 4.69) is 159 Å². The van der Waals surface area contributed by atoms with Gasteiger partial charge >= 0.3 is 0 Å². The monoisotopic (exact) mass is 650 g/mol. The molecule has 236 valence electrons. The summed E-state index contributed by atoms with van der Waals surface area (Å²) in [4.78, 5) is 15.5. The van der Waals surface area contributed by atoms with Gasteiger partial charge in [0.25, 0.3) is 0 Å². The normalized spacial score (nSPS) is 12.3. The van der Waals surface area contributed by atoms with E-state index in [1.54, 1.807) is 0 Å². The van der Waals surface area contributed by atoms with Gasteiger partial charge in [-0.1, -0.05) is 91.0 Å². The molecule has 0 N–H and O–H groups in total. The second kappa shape index (κ2) is 9.77. The highest BCUT2D eigenvalue weighted by Gasteiger charge is 2.21. The summed E-state index contributed by atoms with van der Waals surface area (Å²) in [6.45, 7) is 0. The van der Waals surface area contributed by atoms with E-state index in [9.17, 15) is 0 Å². The SMILES string of the molecule is c1ccc2c(c1)nc(-n1c3ccccc3c3cc(-c4ccc5c(c4)c4ccccc4c4nc6ccccc6n54)ccc31)n1c3ccccc3nc21. The average Bonchev–Trinajstić information content (AvgIpc) is 3.88. The maximum atomic E-state index is 5.33. The molecule has 0 spiro atoms. The van der Waals surface area contributed by atoms with E-state index in [4.69, 9.17) is 15.0 Å². The molecular weight excluding hydrogens is 625 g/mol. The van der Waals surface area contributed by atoms with E-state index < -0.39 is 0 Å². The minimum Gasteiger partial charge on any atom is -0.292 e. The first-order valence-corrected chi connectivity index (χ1v) is 17.2. The molecule has 0 fully saturated rings. The molecule has 7 aromatic carbocycles. The van der Waals surface area contributed by atoms with Crippen molar-refractivity contribution in [1.82, 2.24) is 28.3 Å². The van der Waals surface area contributed by atoms with E-state index >= 15 is 0 Å². The summed E-state index contributed by atoms with van der Waals surface area (Å²) in [6.07, 6.45) is 0. The lowest BCUT2D eigenvalue weighted by molar-refractivity contribution is 0.979. The first-order chi connectivity index (χ1) is 25.3. The number of pyridine rings is 1. The summed E-state index contributed by atoms with van der Waals surface area (Å²) in [6, 6.07) is 56.0. The van der Waals surface area contributed by atoms with E-state index in [-0.39, 0.29) is 0 Å². The molecule has 12 rings (SSSR count). The number of benzene rings is 7. The molecule has 5 aromatic heterocycles. The van der Waals surface area contributed by atoms with Crippen LogP contribution in [0.1, 0.15) is 0 Å². The maximum Gasteiger partial charge on any atom is 0.221 e. The highest BCUT2D eigenvalue weighted by molar-refractivity contribution is 6.15. The zero-order valence-electron chi connectivity index (χ0n) is 27.2. The third-order valence-electron chi connectivity index (χ3n) is 10.6. The molecule has 6 heteroatoms. The van der Waals surface area contributed by atoms with Crippen LogP contribution in [0.5, 0.6) is 0 Å². The number of imidazole rings is 2. The van der Waals surface area contributed by atoms with Gasteiger partial charge in [0.15, 0.2) is 0 Å². The predicted molar refractivity (Wildman–Crippen MR) is 209 cm³/mol. The van der Waals surface area contributed by atoms with Crippen LogP contribution in [-0.2, 0) is 0 Å². The van der Waals surface area contributed by atoms with Crippen molar-refractivity contribution in [2.24, 2.45) is 0 Å². The minimum absolute atomic E-state index is 0.824. The van der Waals surface area contributed by atoms with Crippen LogP contribution in [0.15, 0.2) is 158 Å². The van der Waals surface area contributed by atoms with Crippen molar-refractivity contribution >= 4 is 87.7 Å². The Labute approximate surface area is 290 Å². The van der Waals surface area contributed by atoms with E-state index in [1.807, 2.05) is 12.1 Å². The number of para-hydroxylation sites is 6. The van der Waals surface area contributed by atoms with Crippen LogP contribution in [0.25, 0.3) is 105 Å². The zero-order valence-corrected chi connectivity index (χ0v) is 27.2. The number of fused-ring (bicyclic) bond motifs is 16. The standard InChI is InChI=1S/C45H26N6/c1-2-13-31-29(11-1)33-25-27(21-23-39(33)49-41-19-9-6-16-36(41)46-43(31)49)28-22-24-40-34(26-28)30-12-4-8-18-38(30)50(40)45-48-35-15-5-3-14-32(35)44-47-37-17-7-10-20-42(37)51(44)45/h1-26H. The highest BCUT2D eigenvalue weighted by atomic mass is 15.2. The lowest BCUT2D eigenvalue weighted by Crippen LogP contribution is -2.06. The molecule has 0 saturated carbocycles. The van der Waals surface area contributed by atoms with Gasteiger partial charge in [0, 0.05) is 26.9 Å². The lowest BCUT2D eigenvalue weighted by atomic mass is 9.98. The molecule has 0 aliphatic heterocycles. The first kappa shape index (κ1) is 26.9. The van der Waals surface area contributed by atoms with Crippen LogP contribution < -0.4 is 0 Å². The van der Waals surface area contributed by atoms with Crippen molar-refractivity contribution in [2.75, 3.05) is 0 Å². The number of nitrogens with zero attached hydrogens (tertiary/aromatic N) is 6. The summed E-state index contributed by atoms with van der Waals surface area (Å²) in [5.41, 5.74) is 12.6.